The highest BCUT2D eigenvalue weighted by Crippen LogP contribution is 2.36. The number of carbonyl (C=O) groups excluding carboxylic acids is 2. The minimum absolute atomic E-state index is 0.00162. The first-order valence-electron chi connectivity index (χ1n) is 11.7. The van der Waals surface area contributed by atoms with Crippen molar-refractivity contribution in [2.24, 2.45) is 5.73 Å². The molecule has 1 fully saturated rings. The molecule has 34 heavy (non-hydrogen) atoms. The summed E-state index contributed by atoms with van der Waals surface area (Å²) in [4.78, 5) is 30.5. The van der Waals surface area contributed by atoms with Gasteiger partial charge in [-0.25, -0.2) is 4.52 Å². The van der Waals surface area contributed by atoms with Crippen molar-refractivity contribution in [2.75, 3.05) is 4.90 Å². The molecule has 0 aliphatic heterocycles. The zero-order valence-corrected chi connectivity index (χ0v) is 19.9. The first-order valence-corrected chi connectivity index (χ1v) is 11.7. The van der Waals surface area contributed by atoms with E-state index >= 15 is 0 Å². The molecule has 0 unspecified atom stereocenters. The second-order valence-electron chi connectivity index (χ2n) is 9.23. The summed E-state index contributed by atoms with van der Waals surface area (Å²) in [5, 5.41) is 16.8. The normalized spacial score (nSPS) is 18.3. The highest BCUT2D eigenvalue weighted by molar-refractivity contribution is 6.02. The summed E-state index contributed by atoms with van der Waals surface area (Å²) < 4.78 is 1.77. The van der Waals surface area contributed by atoms with Crippen LogP contribution in [-0.2, 0) is 11.4 Å². The Labute approximate surface area is 199 Å². The van der Waals surface area contributed by atoms with Gasteiger partial charge in [-0.3, -0.25) is 14.6 Å². The number of hydrogen-bond donors (Lipinski definition) is 3. The van der Waals surface area contributed by atoms with Crippen LogP contribution in [0.5, 0.6) is 0 Å². The van der Waals surface area contributed by atoms with E-state index in [-0.39, 0.29) is 30.6 Å². The first kappa shape index (κ1) is 23.7. The number of amides is 2. The molecule has 1 saturated carbocycles. The summed E-state index contributed by atoms with van der Waals surface area (Å²) in [5.74, 6) is -0.516. The number of aliphatic hydroxyl groups is 1. The van der Waals surface area contributed by atoms with E-state index in [1.807, 2.05) is 18.3 Å². The van der Waals surface area contributed by atoms with E-state index in [9.17, 15) is 14.7 Å². The van der Waals surface area contributed by atoms with Crippen molar-refractivity contribution >= 4 is 23.0 Å². The molecule has 0 bridgehead atoms. The minimum atomic E-state index is -0.515. The van der Waals surface area contributed by atoms with Crippen molar-refractivity contribution in [3.63, 3.8) is 0 Å². The standard InChI is InChI=1S/C25H32N6O3/c1-15(2)31(21-8-6-19(7-9-21)29-16(3)33)24-22(25(26)34)12-28-30-13-18(10-23(24)30)17-4-5-20(14-32)27-11-17/h4-5,10-13,15,19,21,32H,6-9,14H2,1-3H3,(H2,26,34)(H,29,33). The van der Waals surface area contributed by atoms with Crippen LogP contribution in [0.3, 0.4) is 0 Å². The molecule has 1 aliphatic carbocycles. The predicted molar refractivity (Wildman–Crippen MR) is 130 cm³/mol. The first-order chi connectivity index (χ1) is 16.3. The lowest BCUT2D eigenvalue weighted by Gasteiger charge is -2.41. The van der Waals surface area contributed by atoms with E-state index in [0.29, 0.717) is 11.3 Å². The van der Waals surface area contributed by atoms with Crippen LogP contribution >= 0.6 is 0 Å². The summed E-state index contributed by atoms with van der Waals surface area (Å²) in [7, 11) is 0. The van der Waals surface area contributed by atoms with E-state index in [2.05, 4.69) is 34.1 Å². The molecule has 2 amide bonds. The highest BCUT2D eigenvalue weighted by atomic mass is 16.3. The number of fused-ring (bicyclic) bond motifs is 1. The van der Waals surface area contributed by atoms with Crippen LogP contribution in [0.25, 0.3) is 16.6 Å². The number of hydrogen-bond acceptors (Lipinski definition) is 6. The van der Waals surface area contributed by atoms with Gasteiger partial charge < -0.3 is 21.1 Å². The topological polar surface area (TPSA) is 126 Å². The summed E-state index contributed by atoms with van der Waals surface area (Å²) in [5.41, 5.74) is 10.2. The fourth-order valence-electron chi connectivity index (χ4n) is 4.99. The number of primary amides is 1. The predicted octanol–water partition coefficient (Wildman–Crippen LogP) is 2.65. The number of aliphatic hydroxyl groups excluding tert-OH is 1. The quantitative estimate of drug-likeness (QED) is 0.494. The number of pyridine rings is 1. The molecule has 0 atom stereocenters. The maximum Gasteiger partial charge on any atom is 0.252 e. The second kappa shape index (κ2) is 9.80. The van der Waals surface area contributed by atoms with Crippen LogP contribution in [0.15, 0.2) is 36.8 Å². The molecule has 9 heteroatoms. The van der Waals surface area contributed by atoms with Gasteiger partial charge in [0.2, 0.25) is 5.91 Å². The molecule has 0 aromatic carbocycles. The van der Waals surface area contributed by atoms with Crippen molar-refractivity contribution in [3.8, 4) is 11.1 Å². The van der Waals surface area contributed by atoms with Gasteiger partial charge in [0.25, 0.3) is 5.91 Å². The Bertz CT molecular complexity index is 1180. The monoisotopic (exact) mass is 464 g/mol. The summed E-state index contributed by atoms with van der Waals surface area (Å²) in [6.45, 7) is 5.67. The van der Waals surface area contributed by atoms with E-state index in [0.717, 1.165) is 48.0 Å². The van der Waals surface area contributed by atoms with Crippen LogP contribution in [-0.4, -0.2) is 49.6 Å². The largest absolute Gasteiger partial charge is 0.390 e. The number of rotatable bonds is 7. The van der Waals surface area contributed by atoms with Crippen LogP contribution in [0.4, 0.5) is 5.69 Å². The minimum Gasteiger partial charge on any atom is -0.390 e. The number of aromatic nitrogens is 3. The molecule has 3 aromatic rings. The Morgan fingerprint density at radius 1 is 1.21 bits per heavy atom. The Kier molecular flexibility index (Phi) is 6.83. The van der Waals surface area contributed by atoms with Gasteiger partial charge >= 0.3 is 0 Å². The maximum absolute atomic E-state index is 12.5. The number of nitrogens with one attached hydrogen (secondary N) is 1. The van der Waals surface area contributed by atoms with Crippen molar-refractivity contribution in [2.45, 2.75) is 71.2 Å². The molecule has 0 spiro atoms. The van der Waals surface area contributed by atoms with Crippen LogP contribution < -0.4 is 16.0 Å². The Morgan fingerprint density at radius 3 is 2.50 bits per heavy atom. The zero-order chi connectivity index (χ0) is 24.4. The molecule has 4 N–H and O–H groups in total. The molecule has 1 aliphatic rings. The average Bonchev–Trinajstić information content (AvgIpc) is 3.24. The van der Waals surface area contributed by atoms with Gasteiger partial charge in [-0.2, -0.15) is 5.10 Å². The molecule has 0 saturated heterocycles. The molecule has 4 rings (SSSR count). The second-order valence-corrected chi connectivity index (χ2v) is 9.23. The van der Waals surface area contributed by atoms with Crippen molar-refractivity contribution in [1.29, 1.82) is 0 Å². The lowest BCUT2D eigenvalue weighted by atomic mass is 9.88. The smallest absolute Gasteiger partial charge is 0.252 e. The molecule has 3 aromatic heterocycles. The van der Waals surface area contributed by atoms with E-state index < -0.39 is 5.91 Å². The Hall–Kier alpha value is -3.46. The maximum atomic E-state index is 12.5. The fraction of sp³-hybridized carbons (Fsp3) is 0.440. The molecule has 9 nitrogen and oxygen atoms in total. The summed E-state index contributed by atoms with van der Waals surface area (Å²) in [6, 6.07) is 6.21. The van der Waals surface area contributed by atoms with E-state index in [1.54, 1.807) is 29.9 Å². The Morgan fingerprint density at radius 2 is 1.94 bits per heavy atom. The van der Waals surface area contributed by atoms with Gasteiger partial charge in [0.1, 0.15) is 0 Å². The number of carbonyl (C=O) groups is 2. The number of nitrogens with zero attached hydrogens (tertiary/aromatic N) is 4. The van der Waals surface area contributed by atoms with Crippen molar-refractivity contribution in [1.82, 2.24) is 19.9 Å². The third-order valence-electron chi connectivity index (χ3n) is 6.51. The van der Waals surface area contributed by atoms with E-state index in [1.165, 1.54) is 0 Å². The van der Waals surface area contributed by atoms with Crippen LogP contribution in [0.2, 0.25) is 0 Å². The van der Waals surface area contributed by atoms with Gasteiger partial charge in [0, 0.05) is 48.6 Å². The van der Waals surface area contributed by atoms with Crippen molar-refractivity contribution in [3.05, 3.63) is 48.0 Å². The Balaban J connectivity index is 1.76. The molecule has 3 heterocycles. The van der Waals surface area contributed by atoms with Gasteiger partial charge in [0.15, 0.2) is 0 Å². The van der Waals surface area contributed by atoms with Gasteiger partial charge in [-0.1, -0.05) is 6.07 Å². The summed E-state index contributed by atoms with van der Waals surface area (Å²) in [6.07, 6.45) is 8.74. The lowest BCUT2D eigenvalue weighted by Crippen LogP contribution is -2.47. The highest BCUT2D eigenvalue weighted by Gasteiger charge is 2.31. The third kappa shape index (κ3) is 4.75. The number of nitrogens with two attached hydrogens (primary N) is 1. The third-order valence-corrected chi connectivity index (χ3v) is 6.51. The summed E-state index contributed by atoms with van der Waals surface area (Å²) >= 11 is 0. The van der Waals surface area contributed by atoms with Gasteiger partial charge in [-0.15, -0.1) is 0 Å². The van der Waals surface area contributed by atoms with Crippen LogP contribution in [0, 0.1) is 0 Å². The lowest BCUT2D eigenvalue weighted by molar-refractivity contribution is -0.119. The molecular weight excluding hydrogens is 432 g/mol. The number of anilines is 1. The molecule has 0 radical (unpaired) electrons. The molecule has 180 valence electrons. The zero-order valence-electron chi connectivity index (χ0n) is 19.9. The fourth-order valence-corrected chi connectivity index (χ4v) is 4.99. The SMILES string of the molecule is CC(=O)NC1CCC(N(c2c(C(N)=O)cnn3cc(-c4ccc(CO)nc4)cc23)C(C)C)CC1. The van der Waals surface area contributed by atoms with Gasteiger partial charge in [0.05, 0.1) is 35.3 Å². The van der Waals surface area contributed by atoms with Crippen LogP contribution in [0.1, 0.15) is 62.5 Å². The van der Waals surface area contributed by atoms with Gasteiger partial charge in [-0.05, 0) is 51.7 Å². The average molecular weight is 465 g/mol. The molecular formula is C25H32N6O3. The van der Waals surface area contributed by atoms with E-state index in [4.69, 9.17) is 5.73 Å². The van der Waals surface area contributed by atoms with Crippen molar-refractivity contribution < 1.29 is 14.7 Å².